The Morgan fingerprint density at radius 1 is 1.47 bits per heavy atom. The van der Waals surface area contributed by atoms with Gasteiger partial charge in [-0.25, -0.2) is 4.79 Å². The summed E-state index contributed by atoms with van der Waals surface area (Å²) < 4.78 is 5.14. The molecule has 1 aromatic heterocycles. The van der Waals surface area contributed by atoms with Gasteiger partial charge in [0.15, 0.2) is 0 Å². The van der Waals surface area contributed by atoms with E-state index in [0.29, 0.717) is 5.06 Å². The van der Waals surface area contributed by atoms with Gasteiger partial charge in [-0.2, -0.15) is 5.06 Å². The number of aromatic nitrogens is 1. The first kappa shape index (κ1) is 15.1. The molecule has 0 aliphatic heterocycles. The molecular formula is C12H16N2O5. The highest BCUT2D eigenvalue weighted by atomic mass is 16.7. The van der Waals surface area contributed by atoms with Gasteiger partial charge in [0, 0.05) is 12.8 Å². The van der Waals surface area contributed by atoms with Gasteiger partial charge in [0.25, 0.3) is 11.6 Å². The van der Waals surface area contributed by atoms with Gasteiger partial charge in [-0.15, -0.1) is 0 Å². The number of rotatable bonds is 6. The van der Waals surface area contributed by atoms with E-state index in [4.69, 9.17) is 9.57 Å². The first-order chi connectivity index (χ1) is 8.97. The fraction of sp³-hybridized carbons (Fsp3) is 0.417. The van der Waals surface area contributed by atoms with E-state index in [9.17, 15) is 14.7 Å². The van der Waals surface area contributed by atoms with E-state index < -0.39 is 17.6 Å². The Morgan fingerprint density at radius 2 is 2.16 bits per heavy atom. The highest BCUT2D eigenvalue weighted by Crippen LogP contribution is 2.20. The van der Waals surface area contributed by atoms with Gasteiger partial charge in [0.2, 0.25) is 0 Å². The molecule has 0 radical (unpaired) electrons. The monoisotopic (exact) mass is 268 g/mol. The number of pyridine rings is 1. The Morgan fingerprint density at radius 3 is 2.58 bits per heavy atom. The average Bonchev–Trinajstić information content (AvgIpc) is 2.40. The first-order valence-corrected chi connectivity index (χ1v) is 5.64. The van der Waals surface area contributed by atoms with Crippen molar-refractivity contribution in [1.82, 2.24) is 10.0 Å². The van der Waals surface area contributed by atoms with E-state index in [2.05, 4.69) is 4.98 Å². The maximum absolute atomic E-state index is 12.2. The van der Waals surface area contributed by atoms with Crippen LogP contribution in [0.25, 0.3) is 0 Å². The lowest BCUT2D eigenvalue weighted by molar-refractivity contribution is -0.257. The van der Waals surface area contributed by atoms with E-state index in [0.717, 1.165) is 0 Å². The zero-order chi connectivity index (χ0) is 14.5. The predicted octanol–water partition coefficient (Wildman–Crippen LogP) is 0.922. The van der Waals surface area contributed by atoms with Crippen LogP contribution >= 0.6 is 0 Å². The number of carboxylic acid groups (broad SMARTS) is 1. The number of aliphatic carboxylic acids is 1. The highest BCUT2D eigenvalue weighted by molar-refractivity contribution is 5.94. The summed E-state index contributed by atoms with van der Waals surface area (Å²) in [6.45, 7) is 2.97. The Bertz CT molecular complexity index is 451. The Labute approximate surface area is 110 Å². The SMILES string of the molecule is CCOC(C)(C(=O)O)N(OC)C(=O)c1ccccn1. The molecule has 1 aromatic rings. The summed E-state index contributed by atoms with van der Waals surface area (Å²) in [5.41, 5.74) is -1.85. The van der Waals surface area contributed by atoms with Crippen LogP contribution in [0.15, 0.2) is 24.4 Å². The number of carbonyl (C=O) groups excluding carboxylic acids is 1. The summed E-state index contributed by atoms with van der Waals surface area (Å²) in [5, 5.41) is 9.90. The minimum absolute atomic E-state index is 0.0662. The molecule has 1 unspecified atom stereocenters. The van der Waals surface area contributed by atoms with Crippen LogP contribution in [0.5, 0.6) is 0 Å². The number of hydrogen-bond donors (Lipinski definition) is 1. The van der Waals surface area contributed by atoms with Crippen LogP contribution in [0.2, 0.25) is 0 Å². The lowest BCUT2D eigenvalue weighted by atomic mass is 10.2. The minimum Gasteiger partial charge on any atom is -0.478 e. The van der Waals surface area contributed by atoms with Crippen molar-refractivity contribution in [2.24, 2.45) is 0 Å². The molecule has 0 spiro atoms. The summed E-state index contributed by atoms with van der Waals surface area (Å²) in [6.07, 6.45) is 1.43. The Hall–Kier alpha value is -1.99. The highest BCUT2D eigenvalue weighted by Gasteiger charge is 2.45. The Balaban J connectivity index is 3.11. The summed E-state index contributed by atoms with van der Waals surface area (Å²) in [4.78, 5) is 32.3. The van der Waals surface area contributed by atoms with Gasteiger partial charge in [0.1, 0.15) is 5.69 Å². The third-order valence-corrected chi connectivity index (χ3v) is 2.46. The zero-order valence-electron chi connectivity index (χ0n) is 11.0. The molecule has 0 saturated heterocycles. The number of nitrogens with zero attached hydrogens (tertiary/aromatic N) is 2. The summed E-state index contributed by atoms with van der Waals surface area (Å²) in [5.74, 6) is -2.03. The van der Waals surface area contributed by atoms with Crippen LogP contribution < -0.4 is 0 Å². The van der Waals surface area contributed by atoms with Crippen LogP contribution in [0.1, 0.15) is 24.3 Å². The second-order valence-electron chi connectivity index (χ2n) is 3.72. The number of ether oxygens (including phenoxy) is 1. The van der Waals surface area contributed by atoms with Gasteiger partial charge in [0.05, 0.1) is 7.11 Å². The lowest BCUT2D eigenvalue weighted by Crippen LogP contribution is -2.56. The largest absolute Gasteiger partial charge is 0.478 e. The molecule has 0 fully saturated rings. The molecule has 1 rings (SSSR count). The van der Waals surface area contributed by atoms with E-state index >= 15 is 0 Å². The van der Waals surface area contributed by atoms with Crippen molar-refractivity contribution >= 4 is 11.9 Å². The zero-order valence-corrected chi connectivity index (χ0v) is 11.0. The van der Waals surface area contributed by atoms with E-state index in [1.807, 2.05) is 0 Å². The first-order valence-electron chi connectivity index (χ1n) is 5.64. The van der Waals surface area contributed by atoms with Crippen LogP contribution in [0.3, 0.4) is 0 Å². The molecule has 0 bridgehead atoms. The Kier molecular flexibility index (Phi) is 4.96. The third-order valence-electron chi connectivity index (χ3n) is 2.46. The van der Waals surface area contributed by atoms with Crippen molar-refractivity contribution in [3.05, 3.63) is 30.1 Å². The van der Waals surface area contributed by atoms with Crippen LogP contribution in [0, 0.1) is 0 Å². The second-order valence-corrected chi connectivity index (χ2v) is 3.72. The van der Waals surface area contributed by atoms with Crippen molar-refractivity contribution in [1.29, 1.82) is 0 Å². The molecule has 1 atom stereocenters. The number of carboxylic acids is 1. The van der Waals surface area contributed by atoms with E-state index in [-0.39, 0.29) is 12.3 Å². The quantitative estimate of drug-likeness (QED) is 0.609. The lowest BCUT2D eigenvalue weighted by Gasteiger charge is -2.34. The molecule has 0 aromatic carbocycles. The van der Waals surface area contributed by atoms with E-state index in [1.165, 1.54) is 26.3 Å². The number of amides is 1. The van der Waals surface area contributed by atoms with Crippen molar-refractivity contribution in [3.63, 3.8) is 0 Å². The second kappa shape index (κ2) is 6.26. The fourth-order valence-corrected chi connectivity index (χ4v) is 1.53. The smallest absolute Gasteiger partial charge is 0.359 e. The van der Waals surface area contributed by atoms with Crippen LogP contribution in [0.4, 0.5) is 0 Å². The predicted molar refractivity (Wildman–Crippen MR) is 65.1 cm³/mol. The minimum atomic E-state index is -1.92. The van der Waals surface area contributed by atoms with Crippen molar-refractivity contribution in [2.45, 2.75) is 19.6 Å². The van der Waals surface area contributed by atoms with Crippen molar-refractivity contribution in [3.8, 4) is 0 Å². The molecular weight excluding hydrogens is 252 g/mol. The molecule has 0 aliphatic rings. The van der Waals surface area contributed by atoms with Gasteiger partial charge < -0.3 is 9.84 Å². The number of carbonyl (C=O) groups is 2. The molecule has 7 nitrogen and oxygen atoms in total. The van der Waals surface area contributed by atoms with E-state index in [1.54, 1.807) is 19.1 Å². The molecule has 0 saturated carbocycles. The van der Waals surface area contributed by atoms with Gasteiger partial charge in [-0.1, -0.05) is 6.07 Å². The standard InChI is InChI=1S/C12H16N2O5/c1-4-19-12(2,11(16)17)14(18-3)10(15)9-7-5-6-8-13-9/h5-8H,4H2,1-3H3,(H,16,17). The maximum atomic E-state index is 12.2. The van der Waals surface area contributed by atoms with Crippen molar-refractivity contribution in [2.75, 3.05) is 13.7 Å². The van der Waals surface area contributed by atoms with Crippen molar-refractivity contribution < 1.29 is 24.3 Å². The molecule has 1 amide bonds. The molecule has 0 aliphatic carbocycles. The summed E-state index contributed by atoms with van der Waals surface area (Å²) >= 11 is 0. The van der Waals surface area contributed by atoms with Gasteiger partial charge in [-0.05, 0) is 26.0 Å². The fourth-order valence-electron chi connectivity index (χ4n) is 1.53. The maximum Gasteiger partial charge on any atom is 0.359 e. The topological polar surface area (TPSA) is 89.0 Å². The number of hydrogen-bond acceptors (Lipinski definition) is 5. The average molecular weight is 268 g/mol. The third kappa shape index (κ3) is 3.07. The molecule has 7 heteroatoms. The molecule has 1 N–H and O–H groups in total. The number of hydroxylamine groups is 2. The van der Waals surface area contributed by atoms with Gasteiger partial charge in [-0.3, -0.25) is 14.6 Å². The summed E-state index contributed by atoms with van der Waals surface area (Å²) in [7, 11) is 1.20. The van der Waals surface area contributed by atoms with Crippen LogP contribution in [-0.2, 0) is 14.4 Å². The van der Waals surface area contributed by atoms with Crippen LogP contribution in [-0.4, -0.2) is 46.5 Å². The van der Waals surface area contributed by atoms with Gasteiger partial charge >= 0.3 is 5.97 Å². The molecule has 1 heterocycles. The summed E-state index contributed by atoms with van der Waals surface area (Å²) in [6, 6.07) is 4.72. The molecule has 104 valence electrons. The molecule has 19 heavy (non-hydrogen) atoms. The normalized spacial score (nSPS) is 13.6.